The van der Waals surface area contributed by atoms with Crippen LogP contribution in [0, 0.1) is 0 Å². The molecular weight excluding hydrogens is 184 g/mol. The predicted molar refractivity (Wildman–Crippen MR) is 55.1 cm³/mol. The average Bonchev–Trinajstić information content (AvgIpc) is 2.49. The highest BCUT2D eigenvalue weighted by Crippen LogP contribution is 2.28. The maximum Gasteiger partial charge on any atom is 0.138 e. The minimum atomic E-state index is 0.286. The third kappa shape index (κ3) is 1.52. The van der Waals surface area contributed by atoms with Crippen molar-refractivity contribution in [3.05, 3.63) is 30.0 Å². The molecule has 3 heteroatoms. The van der Waals surface area contributed by atoms with Crippen molar-refractivity contribution in [2.24, 2.45) is 0 Å². The summed E-state index contributed by atoms with van der Waals surface area (Å²) in [7, 11) is 0. The first kappa shape index (κ1) is 8.51. The van der Waals surface area contributed by atoms with Gasteiger partial charge in [-0.1, -0.05) is 6.07 Å². The molecule has 1 aromatic heterocycles. The Morgan fingerprint density at radius 2 is 2.31 bits per heavy atom. The number of benzene rings is 1. The Balaban J connectivity index is 2.55. The van der Waals surface area contributed by atoms with Crippen LogP contribution >= 0.6 is 11.8 Å². The maximum absolute atomic E-state index is 9.49. The van der Waals surface area contributed by atoms with Crippen LogP contribution in [0.2, 0.25) is 0 Å². The van der Waals surface area contributed by atoms with Gasteiger partial charge in [0.15, 0.2) is 0 Å². The summed E-state index contributed by atoms with van der Waals surface area (Å²) in [5.41, 5.74) is 0.754. The number of phenols is 1. The first-order chi connectivity index (χ1) is 6.31. The third-order valence-electron chi connectivity index (χ3n) is 1.88. The summed E-state index contributed by atoms with van der Waals surface area (Å²) < 4.78 is 5.51. The smallest absolute Gasteiger partial charge is 0.138 e. The summed E-state index contributed by atoms with van der Waals surface area (Å²) in [4.78, 5) is 0. The van der Waals surface area contributed by atoms with Gasteiger partial charge in [0.2, 0.25) is 0 Å². The van der Waals surface area contributed by atoms with Crippen LogP contribution in [-0.2, 0) is 5.75 Å². The van der Waals surface area contributed by atoms with Crippen LogP contribution in [0.3, 0.4) is 0 Å². The lowest BCUT2D eigenvalue weighted by Gasteiger charge is -1.89. The molecule has 1 aromatic carbocycles. The highest BCUT2D eigenvalue weighted by molar-refractivity contribution is 7.97. The molecular formula is C10H10O2S. The van der Waals surface area contributed by atoms with E-state index in [4.69, 9.17) is 4.42 Å². The molecule has 1 heterocycles. The highest BCUT2D eigenvalue weighted by Gasteiger charge is 2.05. The number of phenolic OH excluding ortho intramolecular Hbond substituents is 1. The Hall–Kier alpha value is -1.09. The van der Waals surface area contributed by atoms with E-state index in [1.807, 2.05) is 18.4 Å². The molecule has 13 heavy (non-hydrogen) atoms. The third-order valence-corrected chi connectivity index (χ3v) is 2.45. The second-order valence-corrected chi connectivity index (χ2v) is 3.70. The SMILES string of the molecule is CSCc1cc2c(O)cccc2o1. The van der Waals surface area contributed by atoms with Crippen molar-refractivity contribution in [1.29, 1.82) is 0 Å². The van der Waals surface area contributed by atoms with Gasteiger partial charge in [-0.15, -0.1) is 0 Å². The van der Waals surface area contributed by atoms with Gasteiger partial charge in [-0.3, -0.25) is 0 Å². The van der Waals surface area contributed by atoms with Crippen molar-refractivity contribution >= 4 is 22.7 Å². The standard InChI is InChI=1S/C10H10O2S/c1-13-6-7-5-8-9(11)3-2-4-10(8)12-7/h2-5,11H,6H2,1H3. The molecule has 2 aromatic rings. The minimum absolute atomic E-state index is 0.286. The van der Waals surface area contributed by atoms with E-state index in [0.717, 1.165) is 22.5 Å². The minimum Gasteiger partial charge on any atom is -0.507 e. The normalized spacial score (nSPS) is 10.8. The van der Waals surface area contributed by atoms with E-state index < -0.39 is 0 Å². The number of fused-ring (bicyclic) bond motifs is 1. The lowest BCUT2D eigenvalue weighted by Crippen LogP contribution is -1.69. The molecule has 0 bridgehead atoms. The molecule has 0 fully saturated rings. The van der Waals surface area contributed by atoms with Gasteiger partial charge in [-0.2, -0.15) is 11.8 Å². The Bertz CT molecular complexity index is 420. The molecule has 0 spiro atoms. The zero-order valence-electron chi connectivity index (χ0n) is 7.28. The Kier molecular flexibility index (Phi) is 2.19. The number of furan rings is 1. The number of thioether (sulfide) groups is 1. The Morgan fingerprint density at radius 3 is 3.00 bits per heavy atom. The van der Waals surface area contributed by atoms with Gasteiger partial charge >= 0.3 is 0 Å². The number of hydrogen-bond acceptors (Lipinski definition) is 3. The van der Waals surface area contributed by atoms with Crippen molar-refractivity contribution in [2.45, 2.75) is 5.75 Å². The predicted octanol–water partition coefficient (Wildman–Crippen LogP) is 3.00. The summed E-state index contributed by atoms with van der Waals surface area (Å²) in [6, 6.07) is 7.20. The quantitative estimate of drug-likeness (QED) is 0.797. The van der Waals surface area contributed by atoms with Gasteiger partial charge in [0.05, 0.1) is 11.1 Å². The molecule has 0 atom stereocenters. The maximum atomic E-state index is 9.49. The van der Waals surface area contributed by atoms with Gasteiger partial charge < -0.3 is 9.52 Å². The van der Waals surface area contributed by atoms with E-state index in [0.29, 0.717) is 0 Å². The fourth-order valence-electron chi connectivity index (χ4n) is 1.31. The van der Waals surface area contributed by atoms with Crippen LogP contribution in [0.1, 0.15) is 5.76 Å². The zero-order chi connectivity index (χ0) is 9.26. The molecule has 68 valence electrons. The second kappa shape index (κ2) is 3.34. The summed E-state index contributed by atoms with van der Waals surface area (Å²) in [6.07, 6.45) is 2.02. The molecule has 0 amide bonds. The summed E-state index contributed by atoms with van der Waals surface area (Å²) in [5.74, 6) is 2.03. The van der Waals surface area contributed by atoms with Gasteiger partial charge in [0.1, 0.15) is 17.1 Å². The summed E-state index contributed by atoms with van der Waals surface area (Å²) in [5, 5.41) is 10.3. The number of hydrogen-bond donors (Lipinski definition) is 1. The molecule has 1 N–H and O–H groups in total. The van der Waals surface area contributed by atoms with E-state index in [2.05, 4.69) is 0 Å². The van der Waals surface area contributed by atoms with Crippen molar-refractivity contribution in [3.63, 3.8) is 0 Å². The molecule has 0 aliphatic rings. The first-order valence-electron chi connectivity index (χ1n) is 4.00. The van der Waals surface area contributed by atoms with Crippen LogP contribution in [-0.4, -0.2) is 11.4 Å². The molecule has 0 saturated carbocycles. The van der Waals surface area contributed by atoms with Crippen molar-refractivity contribution in [1.82, 2.24) is 0 Å². The van der Waals surface area contributed by atoms with Crippen molar-refractivity contribution in [3.8, 4) is 5.75 Å². The molecule has 2 rings (SSSR count). The van der Waals surface area contributed by atoms with Crippen LogP contribution < -0.4 is 0 Å². The van der Waals surface area contributed by atoms with Crippen LogP contribution in [0.15, 0.2) is 28.7 Å². The van der Waals surface area contributed by atoms with E-state index in [9.17, 15) is 5.11 Å². The monoisotopic (exact) mass is 194 g/mol. The van der Waals surface area contributed by atoms with E-state index in [1.54, 1.807) is 23.9 Å². The average molecular weight is 194 g/mol. The molecule has 0 saturated heterocycles. The highest BCUT2D eigenvalue weighted by atomic mass is 32.2. The fraction of sp³-hybridized carbons (Fsp3) is 0.200. The number of rotatable bonds is 2. The lowest BCUT2D eigenvalue weighted by molar-refractivity contribution is 0.481. The second-order valence-electron chi connectivity index (χ2n) is 2.83. The Labute approximate surface area is 80.6 Å². The molecule has 2 nitrogen and oxygen atoms in total. The topological polar surface area (TPSA) is 33.4 Å². The van der Waals surface area contributed by atoms with E-state index >= 15 is 0 Å². The lowest BCUT2D eigenvalue weighted by atomic mass is 10.2. The van der Waals surface area contributed by atoms with Gasteiger partial charge in [0, 0.05) is 0 Å². The largest absolute Gasteiger partial charge is 0.507 e. The van der Waals surface area contributed by atoms with Gasteiger partial charge in [-0.25, -0.2) is 0 Å². The molecule has 0 unspecified atom stereocenters. The van der Waals surface area contributed by atoms with E-state index in [-0.39, 0.29) is 5.75 Å². The number of aromatic hydroxyl groups is 1. The van der Waals surface area contributed by atoms with Crippen LogP contribution in [0.25, 0.3) is 11.0 Å². The molecule has 0 aliphatic carbocycles. The summed E-state index contributed by atoms with van der Waals surface area (Å²) in [6.45, 7) is 0. The molecule has 0 radical (unpaired) electrons. The van der Waals surface area contributed by atoms with E-state index in [1.165, 1.54) is 0 Å². The van der Waals surface area contributed by atoms with Crippen molar-refractivity contribution in [2.75, 3.05) is 6.26 Å². The summed E-state index contributed by atoms with van der Waals surface area (Å²) >= 11 is 1.70. The van der Waals surface area contributed by atoms with Crippen LogP contribution in [0.4, 0.5) is 0 Å². The van der Waals surface area contributed by atoms with Gasteiger partial charge in [0.25, 0.3) is 0 Å². The fourth-order valence-corrected chi connectivity index (χ4v) is 1.74. The first-order valence-corrected chi connectivity index (χ1v) is 5.40. The Morgan fingerprint density at radius 1 is 1.46 bits per heavy atom. The zero-order valence-corrected chi connectivity index (χ0v) is 8.10. The van der Waals surface area contributed by atoms with Crippen molar-refractivity contribution < 1.29 is 9.52 Å². The van der Waals surface area contributed by atoms with Gasteiger partial charge in [-0.05, 0) is 24.5 Å². The molecule has 0 aliphatic heterocycles. The van der Waals surface area contributed by atoms with Crippen LogP contribution in [0.5, 0.6) is 5.75 Å².